The summed E-state index contributed by atoms with van der Waals surface area (Å²) in [6.45, 7) is 4.65. The fourth-order valence-corrected chi connectivity index (χ4v) is 1.43. The minimum Gasteiger partial charge on any atom is -0.306 e. The highest BCUT2D eigenvalue weighted by Gasteiger charge is 2.36. The second-order valence-electron chi connectivity index (χ2n) is 4.91. The van der Waals surface area contributed by atoms with Gasteiger partial charge in [-0.15, -0.1) is 0 Å². The molecule has 1 rings (SSSR count). The Bertz CT molecular complexity index is 399. The molecule has 0 fully saturated rings. The SMILES string of the molecule is CC(C)(C)NCC(F)(F)c1cccc(Cl)c1F. The van der Waals surface area contributed by atoms with Gasteiger partial charge in [0, 0.05) is 5.54 Å². The number of hydrogen-bond donors (Lipinski definition) is 1. The van der Waals surface area contributed by atoms with Crippen molar-refractivity contribution in [2.24, 2.45) is 0 Å². The lowest BCUT2D eigenvalue weighted by Crippen LogP contribution is -2.42. The van der Waals surface area contributed by atoms with Crippen molar-refractivity contribution in [2.45, 2.75) is 32.2 Å². The van der Waals surface area contributed by atoms with Crippen LogP contribution in [0.3, 0.4) is 0 Å². The van der Waals surface area contributed by atoms with Gasteiger partial charge in [0.25, 0.3) is 5.92 Å². The van der Waals surface area contributed by atoms with E-state index < -0.39 is 29.4 Å². The average molecular weight is 266 g/mol. The molecular formula is C12H15ClF3N. The first-order valence-electron chi connectivity index (χ1n) is 5.21. The van der Waals surface area contributed by atoms with Crippen LogP contribution in [0.15, 0.2) is 18.2 Å². The number of halogens is 4. The summed E-state index contributed by atoms with van der Waals surface area (Å²) < 4.78 is 41.0. The predicted molar refractivity (Wildman–Crippen MR) is 63.1 cm³/mol. The number of nitrogens with one attached hydrogen (secondary N) is 1. The molecule has 0 saturated heterocycles. The Kier molecular flexibility index (Phi) is 4.10. The van der Waals surface area contributed by atoms with Crippen LogP contribution in [0.2, 0.25) is 5.02 Å². The first kappa shape index (κ1) is 14.3. The van der Waals surface area contributed by atoms with Gasteiger partial charge in [-0.1, -0.05) is 17.7 Å². The second-order valence-corrected chi connectivity index (χ2v) is 5.32. The second kappa shape index (κ2) is 4.86. The van der Waals surface area contributed by atoms with Crippen LogP contribution in [0.5, 0.6) is 0 Å². The summed E-state index contributed by atoms with van der Waals surface area (Å²) in [5, 5.41) is 2.35. The maximum absolute atomic E-state index is 13.8. The lowest BCUT2D eigenvalue weighted by Gasteiger charge is -2.25. The molecule has 0 saturated carbocycles. The van der Waals surface area contributed by atoms with Crippen LogP contribution in [0.4, 0.5) is 13.2 Å². The van der Waals surface area contributed by atoms with E-state index in [0.29, 0.717) is 0 Å². The smallest absolute Gasteiger partial charge is 0.288 e. The van der Waals surface area contributed by atoms with E-state index in [1.165, 1.54) is 12.1 Å². The van der Waals surface area contributed by atoms with Crippen LogP contribution in [0, 0.1) is 5.82 Å². The summed E-state index contributed by atoms with van der Waals surface area (Å²) in [5.41, 5.74) is -1.14. The van der Waals surface area contributed by atoms with Crippen molar-refractivity contribution in [1.82, 2.24) is 5.32 Å². The fraction of sp³-hybridized carbons (Fsp3) is 0.500. The van der Waals surface area contributed by atoms with E-state index in [9.17, 15) is 13.2 Å². The van der Waals surface area contributed by atoms with E-state index in [1.54, 1.807) is 20.8 Å². The summed E-state index contributed by atoms with van der Waals surface area (Å²) >= 11 is 5.48. The predicted octanol–water partition coefficient (Wildman–Crippen LogP) is 3.96. The zero-order chi connectivity index (χ0) is 13.3. The van der Waals surface area contributed by atoms with Gasteiger partial charge < -0.3 is 5.32 Å². The van der Waals surface area contributed by atoms with Gasteiger partial charge in [0.2, 0.25) is 0 Å². The van der Waals surface area contributed by atoms with Gasteiger partial charge in [0.05, 0.1) is 17.1 Å². The Balaban J connectivity index is 2.93. The highest BCUT2D eigenvalue weighted by atomic mass is 35.5. The van der Waals surface area contributed by atoms with Crippen LogP contribution in [0.25, 0.3) is 0 Å². The highest BCUT2D eigenvalue weighted by molar-refractivity contribution is 6.30. The quantitative estimate of drug-likeness (QED) is 0.872. The fourth-order valence-electron chi connectivity index (χ4n) is 1.26. The van der Waals surface area contributed by atoms with Crippen LogP contribution in [0.1, 0.15) is 26.3 Å². The molecule has 1 nitrogen and oxygen atoms in total. The van der Waals surface area contributed by atoms with Gasteiger partial charge in [-0.2, -0.15) is 8.78 Å². The van der Waals surface area contributed by atoms with Gasteiger partial charge in [-0.05, 0) is 32.9 Å². The van der Waals surface area contributed by atoms with Gasteiger partial charge in [0.15, 0.2) is 5.82 Å². The van der Waals surface area contributed by atoms with Crippen LogP contribution in [-0.2, 0) is 5.92 Å². The summed E-state index contributed by atoms with van der Waals surface area (Å²) in [6.07, 6.45) is 0. The topological polar surface area (TPSA) is 12.0 Å². The Hall–Kier alpha value is -0.740. The van der Waals surface area contributed by atoms with Crippen molar-refractivity contribution in [1.29, 1.82) is 0 Å². The van der Waals surface area contributed by atoms with Crippen LogP contribution < -0.4 is 5.32 Å². The summed E-state index contributed by atoms with van der Waals surface area (Å²) in [4.78, 5) is 0. The van der Waals surface area contributed by atoms with Gasteiger partial charge in [0.1, 0.15) is 0 Å². The van der Waals surface area contributed by atoms with E-state index in [0.717, 1.165) is 6.07 Å². The van der Waals surface area contributed by atoms with Crippen molar-refractivity contribution in [2.75, 3.05) is 6.54 Å². The first-order valence-corrected chi connectivity index (χ1v) is 5.59. The molecule has 0 radical (unpaired) electrons. The monoisotopic (exact) mass is 265 g/mol. The highest BCUT2D eigenvalue weighted by Crippen LogP contribution is 2.32. The van der Waals surface area contributed by atoms with Crippen molar-refractivity contribution in [3.8, 4) is 0 Å². The molecule has 1 N–H and O–H groups in total. The molecule has 0 aliphatic rings. The van der Waals surface area contributed by atoms with E-state index in [-0.39, 0.29) is 5.02 Å². The number of alkyl halides is 2. The Morgan fingerprint density at radius 2 is 1.82 bits per heavy atom. The molecular weight excluding hydrogens is 251 g/mol. The summed E-state index contributed by atoms with van der Waals surface area (Å²) in [5.74, 6) is -4.35. The molecule has 96 valence electrons. The molecule has 1 aromatic rings. The molecule has 0 aromatic heterocycles. The summed E-state index contributed by atoms with van der Waals surface area (Å²) in [7, 11) is 0. The van der Waals surface area contributed by atoms with Gasteiger partial charge >= 0.3 is 0 Å². The molecule has 17 heavy (non-hydrogen) atoms. The number of hydrogen-bond acceptors (Lipinski definition) is 1. The van der Waals surface area contributed by atoms with E-state index >= 15 is 0 Å². The van der Waals surface area contributed by atoms with Crippen molar-refractivity contribution >= 4 is 11.6 Å². The molecule has 0 bridgehead atoms. The molecule has 0 atom stereocenters. The van der Waals surface area contributed by atoms with E-state index in [4.69, 9.17) is 11.6 Å². The number of rotatable bonds is 3. The zero-order valence-corrected chi connectivity index (χ0v) is 10.7. The molecule has 0 amide bonds. The van der Waals surface area contributed by atoms with Crippen molar-refractivity contribution in [3.63, 3.8) is 0 Å². The maximum Gasteiger partial charge on any atom is 0.288 e. The zero-order valence-electron chi connectivity index (χ0n) is 9.95. The normalized spacial score (nSPS) is 12.9. The third-order valence-electron chi connectivity index (χ3n) is 2.19. The standard InChI is InChI=1S/C12H15ClF3N/c1-11(2,3)17-7-12(15,16)8-5-4-6-9(13)10(8)14/h4-6,17H,7H2,1-3H3. The third kappa shape index (κ3) is 3.89. The number of benzene rings is 1. The van der Waals surface area contributed by atoms with Crippen molar-refractivity contribution in [3.05, 3.63) is 34.6 Å². The molecule has 0 aliphatic heterocycles. The Labute approximate surface area is 104 Å². The molecule has 0 aliphatic carbocycles. The lowest BCUT2D eigenvalue weighted by molar-refractivity contribution is -0.0119. The minimum absolute atomic E-state index is 0.294. The molecule has 1 aromatic carbocycles. The first-order chi connectivity index (χ1) is 7.63. The summed E-state index contributed by atoms with van der Waals surface area (Å²) in [6, 6.07) is 3.60. The van der Waals surface area contributed by atoms with E-state index in [1.807, 2.05) is 0 Å². The molecule has 0 unspecified atom stereocenters. The third-order valence-corrected chi connectivity index (χ3v) is 2.48. The largest absolute Gasteiger partial charge is 0.306 e. The molecule has 0 heterocycles. The lowest BCUT2D eigenvalue weighted by atomic mass is 10.0. The van der Waals surface area contributed by atoms with Crippen LogP contribution >= 0.6 is 11.6 Å². The van der Waals surface area contributed by atoms with Crippen LogP contribution in [-0.4, -0.2) is 12.1 Å². The minimum atomic E-state index is -3.29. The Morgan fingerprint density at radius 1 is 1.24 bits per heavy atom. The average Bonchev–Trinajstić information content (AvgIpc) is 2.18. The maximum atomic E-state index is 13.8. The van der Waals surface area contributed by atoms with E-state index in [2.05, 4.69) is 5.32 Å². The van der Waals surface area contributed by atoms with Gasteiger partial charge in [-0.3, -0.25) is 0 Å². The Morgan fingerprint density at radius 3 is 2.35 bits per heavy atom. The van der Waals surface area contributed by atoms with Crippen molar-refractivity contribution < 1.29 is 13.2 Å². The molecule has 5 heteroatoms. The molecule has 0 spiro atoms. The van der Waals surface area contributed by atoms with Gasteiger partial charge in [-0.25, -0.2) is 4.39 Å².